The maximum Gasteiger partial charge on any atom is 0.494 e. The van der Waals surface area contributed by atoms with Gasteiger partial charge in [-0.3, -0.25) is 9.69 Å². The van der Waals surface area contributed by atoms with Gasteiger partial charge in [0, 0.05) is 12.0 Å². The molecule has 2 fully saturated rings. The molecule has 0 aromatic heterocycles. The highest BCUT2D eigenvalue weighted by Crippen LogP contribution is 2.39. The van der Waals surface area contributed by atoms with E-state index in [0.29, 0.717) is 11.8 Å². The summed E-state index contributed by atoms with van der Waals surface area (Å²) in [6.07, 6.45) is 4.30. The van der Waals surface area contributed by atoms with Crippen molar-refractivity contribution in [1.29, 1.82) is 0 Å². The second kappa shape index (κ2) is 6.72. The molecule has 146 valence electrons. The normalized spacial score (nSPS) is 27.7. The van der Waals surface area contributed by atoms with Crippen molar-refractivity contribution >= 4 is 18.4 Å². The number of ketones is 1. The average molecular weight is 369 g/mol. The van der Waals surface area contributed by atoms with E-state index in [1.807, 2.05) is 0 Å². The van der Waals surface area contributed by atoms with Crippen LogP contribution in [0.2, 0.25) is 0 Å². The summed E-state index contributed by atoms with van der Waals surface area (Å²) in [5.74, 6) is 0.626. The van der Waals surface area contributed by atoms with Gasteiger partial charge in [-0.2, -0.15) is 0 Å². The average Bonchev–Trinajstić information content (AvgIpc) is 3.12. The fourth-order valence-electron chi connectivity index (χ4n) is 4.74. The molecule has 1 aromatic rings. The molecule has 1 unspecified atom stereocenters. The van der Waals surface area contributed by atoms with Gasteiger partial charge in [0.25, 0.3) is 0 Å². The molecule has 4 rings (SSSR count). The fourth-order valence-corrected chi connectivity index (χ4v) is 4.74. The molecule has 1 aliphatic carbocycles. The Hall–Kier alpha value is -1.17. The van der Waals surface area contributed by atoms with E-state index >= 15 is 0 Å². The molecule has 1 atom stereocenters. The summed E-state index contributed by atoms with van der Waals surface area (Å²) in [4.78, 5) is 14.2. The number of rotatable bonds is 3. The Morgan fingerprint density at radius 2 is 1.70 bits per heavy atom. The van der Waals surface area contributed by atoms with Crippen LogP contribution in [-0.4, -0.2) is 42.1 Å². The van der Waals surface area contributed by atoms with Crippen LogP contribution in [0.3, 0.4) is 0 Å². The number of likely N-dealkylation sites (tertiary alicyclic amines) is 1. The fraction of sp³-hybridized carbons (Fsp3) is 0.682. The predicted molar refractivity (Wildman–Crippen MR) is 108 cm³/mol. The first-order valence-corrected chi connectivity index (χ1v) is 10.4. The lowest BCUT2D eigenvalue weighted by molar-refractivity contribution is -0.122. The van der Waals surface area contributed by atoms with E-state index in [9.17, 15) is 4.79 Å². The van der Waals surface area contributed by atoms with Gasteiger partial charge in [-0.1, -0.05) is 18.2 Å². The van der Waals surface area contributed by atoms with Crippen molar-refractivity contribution in [3.8, 4) is 0 Å². The van der Waals surface area contributed by atoms with Crippen molar-refractivity contribution in [3.63, 3.8) is 0 Å². The molecular formula is C22H32BNO3. The van der Waals surface area contributed by atoms with Gasteiger partial charge in [-0.15, -0.1) is 0 Å². The van der Waals surface area contributed by atoms with E-state index < -0.39 is 0 Å². The second-order valence-corrected chi connectivity index (χ2v) is 9.52. The number of benzene rings is 1. The Labute approximate surface area is 163 Å². The third-order valence-electron chi connectivity index (χ3n) is 7.28. The highest BCUT2D eigenvalue weighted by atomic mass is 16.7. The Morgan fingerprint density at radius 3 is 2.30 bits per heavy atom. The quantitative estimate of drug-likeness (QED) is 0.767. The maximum atomic E-state index is 11.6. The summed E-state index contributed by atoms with van der Waals surface area (Å²) in [6, 6.07) is 7.26. The first kappa shape index (κ1) is 19.2. The number of fused-ring (bicyclic) bond motifs is 1. The van der Waals surface area contributed by atoms with Crippen LogP contribution in [0, 0.1) is 5.92 Å². The van der Waals surface area contributed by atoms with E-state index in [1.54, 1.807) is 6.92 Å². The standard InChI is InChI=1S/C22H32BNO3/c1-15(25)16-10-12-24(13-11-16)20-9-6-17-14-18(7-8-19(17)20)23-26-21(2,3)22(4,5)27-23/h7-8,14,16,20H,6,9-13H2,1-5H3. The van der Waals surface area contributed by atoms with E-state index in [2.05, 4.69) is 50.8 Å². The van der Waals surface area contributed by atoms with Gasteiger partial charge in [0.1, 0.15) is 5.78 Å². The van der Waals surface area contributed by atoms with Crippen LogP contribution in [0.4, 0.5) is 0 Å². The van der Waals surface area contributed by atoms with Gasteiger partial charge >= 0.3 is 7.12 Å². The number of aryl methyl sites for hydroxylation is 1. The van der Waals surface area contributed by atoms with Crippen LogP contribution in [0.1, 0.15) is 71.0 Å². The Balaban J connectivity index is 1.48. The Bertz CT molecular complexity index is 721. The highest BCUT2D eigenvalue weighted by Gasteiger charge is 2.51. The van der Waals surface area contributed by atoms with Crippen LogP contribution in [-0.2, 0) is 20.5 Å². The molecule has 0 saturated carbocycles. The van der Waals surface area contributed by atoms with Crippen LogP contribution >= 0.6 is 0 Å². The number of Topliss-reactive ketones (excluding diaryl/α,β-unsaturated/α-hetero) is 1. The molecule has 27 heavy (non-hydrogen) atoms. The first-order valence-electron chi connectivity index (χ1n) is 10.4. The molecule has 2 aliphatic heterocycles. The number of hydrogen-bond acceptors (Lipinski definition) is 4. The van der Waals surface area contributed by atoms with Crippen molar-refractivity contribution in [2.24, 2.45) is 5.92 Å². The summed E-state index contributed by atoms with van der Waals surface area (Å²) >= 11 is 0. The lowest BCUT2D eigenvalue weighted by Crippen LogP contribution is -2.41. The van der Waals surface area contributed by atoms with Gasteiger partial charge in [0.15, 0.2) is 0 Å². The third kappa shape index (κ3) is 3.39. The van der Waals surface area contributed by atoms with Gasteiger partial charge in [0.2, 0.25) is 0 Å². The summed E-state index contributed by atoms with van der Waals surface area (Å²) in [5.41, 5.74) is 3.40. The zero-order chi connectivity index (χ0) is 19.4. The second-order valence-electron chi connectivity index (χ2n) is 9.52. The number of carbonyl (C=O) groups excluding carboxylic acids is 1. The smallest absolute Gasteiger partial charge is 0.399 e. The number of piperidine rings is 1. The highest BCUT2D eigenvalue weighted by molar-refractivity contribution is 6.62. The zero-order valence-electron chi connectivity index (χ0n) is 17.4. The van der Waals surface area contributed by atoms with Gasteiger partial charge in [0.05, 0.1) is 11.2 Å². The Morgan fingerprint density at radius 1 is 1.07 bits per heavy atom. The molecule has 5 heteroatoms. The monoisotopic (exact) mass is 369 g/mol. The van der Waals surface area contributed by atoms with Crippen LogP contribution in [0.25, 0.3) is 0 Å². The van der Waals surface area contributed by atoms with Gasteiger partial charge in [-0.25, -0.2) is 0 Å². The molecule has 0 radical (unpaired) electrons. The van der Waals surface area contributed by atoms with Gasteiger partial charge < -0.3 is 9.31 Å². The summed E-state index contributed by atoms with van der Waals surface area (Å²) in [6.45, 7) is 12.2. The largest absolute Gasteiger partial charge is 0.494 e. The zero-order valence-corrected chi connectivity index (χ0v) is 17.4. The number of carbonyl (C=O) groups is 1. The minimum absolute atomic E-state index is 0.271. The van der Waals surface area contributed by atoms with Crippen LogP contribution in [0.5, 0.6) is 0 Å². The lowest BCUT2D eigenvalue weighted by Gasteiger charge is -2.35. The number of nitrogens with zero attached hydrogens (tertiary/aromatic N) is 1. The molecule has 1 aromatic carbocycles. The molecule has 3 aliphatic rings. The van der Waals surface area contributed by atoms with E-state index in [-0.39, 0.29) is 24.2 Å². The molecular weight excluding hydrogens is 337 g/mol. The molecule has 0 spiro atoms. The maximum absolute atomic E-state index is 11.6. The molecule has 2 heterocycles. The number of hydrogen-bond donors (Lipinski definition) is 0. The van der Waals surface area contributed by atoms with E-state index in [1.165, 1.54) is 17.5 Å². The minimum atomic E-state index is -0.305. The summed E-state index contributed by atoms with van der Waals surface area (Å²) < 4.78 is 12.4. The molecule has 4 nitrogen and oxygen atoms in total. The van der Waals surface area contributed by atoms with E-state index in [4.69, 9.17) is 9.31 Å². The lowest BCUT2D eigenvalue weighted by atomic mass is 9.78. The van der Waals surface area contributed by atoms with Crippen molar-refractivity contribution < 1.29 is 14.1 Å². The summed E-state index contributed by atoms with van der Waals surface area (Å²) in [5, 5.41) is 0. The third-order valence-corrected chi connectivity index (χ3v) is 7.28. The van der Waals surface area contributed by atoms with Crippen molar-refractivity contribution in [1.82, 2.24) is 4.90 Å². The van der Waals surface area contributed by atoms with E-state index in [0.717, 1.165) is 37.8 Å². The minimum Gasteiger partial charge on any atom is -0.399 e. The van der Waals surface area contributed by atoms with Crippen molar-refractivity contribution in [2.45, 2.75) is 77.5 Å². The molecule has 2 saturated heterocycles. The first-order chi connectivity index (χ1) is 12.7. The molecule has 0 amide bonds. The van der Waals surface area contributed by atoms with Crippen molar-refractivity contribution in [3.05, 3.63) is 29.3 Å². The van der Waals surface area contributed by atoms with Crippen LogP contribution < -0.4 is 5.46 Å². The summed E-state index contributed by atoms with van der Waals surface area (Å²) in [7, 11) is -0.286. The Kier molecular flexibility index (Phi) is 4.77. The molecule has 0 bridgehead atoms. The SMILES string of the molecule is CC(=O)C1CCN(C2CCc3cc(B4OC(C)(C)C(C)(C)O4)ccc32)CC1. The topological polar surface area (TPSA) is 38.8 Å². The van der Waals surface area contributed by atoms with Gasteiger partial charge in [-0.05, 0) is 90.0 Å². The molecule has 0 N–H and O–H groups in total. The van der Waals surface area contributed by atoms with Crippen LogP contribution in [0.15, 0.2) is 18.2 Å². The van der Waals surface area contributed by atoms with Crippen molar-refractivity contribution in [2.75, 3.05) is 13.1 Å². The predicted octanol–water partition coefficient (Wildman–Crippen LogP) is 3.27.